The normalized spacial score (nSPS) is 11.9. The lowest BCUT2D eigenvalue weighted by molar-refractivity contribution is 0.0742. The van der Waals surface area contributed by atoms with E-state index in [1.807, 2.05) is 31.2 Å². The molecule has 1 heterocycles. The van der Waals surface area contributed by atoms with Gasteiger partial charge in [0, 0.05) is 23.8 Å². The summed E-state index contributed by atoms with van der Waals surface area (Å²) in [7, 11) is 1.75. The lowest BCUT2D eigenvalue weighted by Crippen LogP contribution is -2.29. The Hall–Kier alpha value is -2.07. The number of hydrogen-bond acceptors (Lipinski definition) is 3. The molecule has 1 atom stereocenters. The predicted octanol–water partition coefficient (Wildman–Crippen LogP) is 3.15. The van der Waals surface area contributed by atoms with Crippen molar-refractivity contribution in [3.05, 3.63) is 58.7 Å². The number of anilines is 1. The zero-order valence-corrected chi connectivity index (χ0v) is 12.1. The molecule has 0 aliphatic rings. The number of hydrogen-bond donors (Lipinski definition) is 1. The van der Waals surface area contributed by atoms with Crippen molar-refractivity contribution < 1.29 is 4.79 Å². The minimum atomic E-state index is -0.105. The van der Waals surface area contributed by atoms with Crippen molar-refractivity contribution in [3.8, 4) is 0 Å². The summed E-state index contributed by atoms with van der Waals surface area (Å²) in [6, 6.07) is 10.6. The molecule has 0 bridgehead atoms. The van der Waals surface area contributed by atoms with Crippen molar-refractivity contribution in [1.82, 2.24) is 9.88 Å². The SMILES string of the molecule is CC(c1cccc(Cl)c1)N(C)C(=O)c1ccnc(N)c1. The first-order chi connectivity index (χ1) is 9.49. The van der Waals surface area contributed by atoms with Gasteiger partial charge in [-0.3, -0.25) is 4.79 Å². The lowest BCUT2D eigenvalue weighted by atomic mass is 10.1. The molecule has 20 heavy (non-hydrogen) atoms. The highest BCUT2D eigenvalue weighted by Crippen LogP contribution is 2.23. The van der Waals surface area contributed by atoms with Crippen molar-refractivity contribution in [3.63, 3.8) is 0 Å². The van der Waals surface area contributed by atoms with Gasteiger partial charge in [-0.2, -0.15) is 0 Å². The van der Waals surface area contributed by atoms with Gasteiger partial charge < -0.3 is 10.6 Å². The second-order valence-corrected chi connectivity index (χ2v) is 5.05. The molecule has 0 fully saturated rings. The van der Waals surface area contributed by atoms with Gasteiger partial charge in [0.15, 0.2) is 0 Å². The van der Waals surface area contributed by atoms with Gasteiger partial charge in [0.25, 0.3) is 5.91 Å². The number of carbonyl (C=O) groups excluding carboxylic acids is 1. The van der Waals surface area contributed by atoms with Crippen LogP contribution in [0.1, 0.15) is 28.9 Å². The lowest BCUT2D eigenvalue weighted by Gasteiger charge is -2.25. The summed E-state index contributed by atoms with van der Waals surface area (Å²) in [6.45, 7) is 1.95. The monoisotopic (exact) mass is 289 g/mol. The number of nitrogens with zero attached hydrogens (tertiary/aromatic N) is 2. The molecular weight excluding hydrogens is 274 g/mol. The zero-order valence-electron chi connectivity index (χ0n) is 11.4. The molecule has 0 saturated carbocycles. The molecule has 2 aromatic rings. The molecule has 1 unspecified atom stereocenters. The number of halogens is 1. The van der Waals surface area contributed by atoms with E-state index >= 15 is 0 Å². The van der Waals surface area contributed by atoms with Crippen molar-refractivity contribution in [1.29, 1.82) is 0 Å². The van der Waals surface area contributed by atoms with Gasteiger partial charge in [0.1, 0.15) is 5.82 Å². The molecule has 4 nitrogen and oxygen atoms in total. The molecular formula is C15H16ClN3O. The van der Waals surface area contributed by atoms with E-state index in [4.69, 9.17) is 17.3 Å². The van der Waals surface area contributed by atoms with Crippen molar-refractivity contribution >= 4 is 23.3 Å². The molecule has 1 amide bonds. The molecule has 0 saturated heterocycles. The van der Waals surface area contributed by atoms with E-state index in [0.717, 1.165) is 5.56 Å². The third-order valence-corrected chi connectivity index (χ3v) is 3.50. The van der Waals surface area contributed by atoms with E-state index < -0.39 is 0 Å². The largest absolute Gasteiger partial charge is 0.384 e. The van der Waals surface area contributed by atoms with Gasteiger partial charge in [-0.05, 0) is 36.8 Å². The number of pyridine rings is 1. The second kappa shape index (κ2) is 5.92. The van der Waals surface area contributed by atoms with Crippen LogP contribution in [0.3, 0.4) is 0 Å². The number of aromatic nitrogens is 1. The fraction of sp³-hybridized carbons (Fsp3) is 0.200. The van der Waals surface area contributed by atoms with E-state index in [2.05, 4.69) is 4.98 Å². The van der Waals surface area contributed by atoms with Gasteiger partial charge in [0.05, 0.1) is 6.04 Å². The Morgan fingerprint density at radius 2 is 2.10 bits per heavy atom. The Morgan fingerprint density at radius 1 is 1.35 bits per heavy atom. The summed E-state index contributed by atoms with van der Waals surface area (Å²) in [5.41, 5.74) is 7.11. The Kier molecular flexibility index (Phi) is 4.25. The molecule has 2 N–H and O–H groups in total. The van der Waals surface area contributed by atoms with E-state index in [1.54, 1.807) is 24.1 Å². The maximum atomic E-state index is 12.4. The Balaban J connectivity index is 2.22. The topological polar surface area (TPSA) is 59.2 Å². The number of nitrogens with two attached hydrogens (primary N) is 1. The average Bonchev–Trinajstić information content (AvgIpc) is 2.45. The Bertz CT molecular complexity index is 630. The zero-order chi connectivity index (χ0) is 14.7. The van der Waals surface area contributed by atoms with Gasteiger partial charge in [-0.25, -0.2) is 4.98 Å². The first kappa shape index (κ1) is 14.3. The predicted molar refractivity (Wildman–Crippen MR) is 80.6 cm³/mol. The van der Waals surface area contributed by atoms with Crippen LogP contribution in [0.25, 0.3) is 0 Å². The summed E-state index contributed by atoms with van der Waals surface area (Å²) in [6.07, 6.45) is 1.53. The maximum Gasteiger partial charge on any atom is 0.254 e. The van der Waals surface area contributed by atoms with Crippen LogP contribution in [0, 0.1) is 0 Å². The van der Waals surface area contributed by atoms with E-state index in [1.165, 1.54) is 6.20 Å². The van der Waals surface area contributed by atoms with Crippen molar-refractivity contribution in [2.24, 2.45) is 0 Å². The van der Waals surface area contributed by atoms with Crippen LogP contribution in [0.2, 0.25) is 5.02 Å². The Morgan fingerprint density at radius 3 is 2.75 bits per heavy atom. The Labute approximate surface area is 123 Å². The molecule has 0 spiro atoms. The first-order valence-electron chi connectivity index (χ1n) is 6.23. The fourth-order valence-electron chi connectivity index (χ4n) is 1.95. The molecule has 0 aliphatic heterocycles. The highest BCUT2D eigenvalue weighted by Gasteiger charge is 2.19. The highest BCUT2D eigenvalue weighted by molar-refractivity contribution is 6.30. The van der Waals surface area contributed by atoms with Crippen molar-refractivity contribution in [2.75, 3.05) is 12.8 Å². The van der Waals surface area contributed by atoms with Crippen LogP contribution < -0.4 is 5.73 Å². The molecule has 2 rings (SSSR count). The minimum absolute atomic E-state index is 0.0874. The standard InChI is InChI=1S/C15H16ClN3O/c1-10(11-4-3-5-13(16)8-11)19(2)15(20)12-6-7-18-14(17)9-12/h3-10H,1-2H3,(H2,17,18). The summed E-state index contributed by atoms with van der Waals surface area (Å²) in [5.74, 6) is 0.228. The maximum absolute atomic E-state index is 12.4. The smallest absolute Gasteiger partial charge is 0.254 e. The highest BCUT2D eigenvalue weighted by atomic mass is 35.5. The average molecular weight is 290 g/mol. The van der Waals surface area contributed by atoms with Crippen LogP contribution >= 0.6 is 11.6 Å². The summed E-state index contributed by atoms with van der Waals surface area (Å²) < 4.78 is 0. The minimum Gasteiger partial charge on any atom is -0.384 e. The van der Waals surface area contributed by atoms with E-state index in [-0.39, 0.29) is 11.9 Å². The van der Waals surface area contributed by atoms with E-state index in [9.17, 15) is 4.79 Å². The number of carbonyl (C=O) groups is 1. The number of benzene rings is 1. The van der Waals surface area contributed by atoms with Crippen LogP contribution in [0.5, 0.6) is 0 Å². The summed E-state index contributed by atoms with van der Waals surface area (Å²) in [5, 5.41) is 0.656. The van der Waals surface area contributed by atoms with Gasteiger partial charge >= 0.3 is 0 Å². The molecule has 1 aromatic carbocycles. The number of nitrogen functional groups attached to an aromatic ring is 1. The fourth-order valence-corrected chi connectivity index (χ4v) is 2.15. The van der Waals surface area contributed by atoms with Crippen LogP contribution in [-0.2, 0) is 0 Å². The third kappa shape index (κ3) is 3.08. The van der Waals surface area contributed by atoms with Crippen molar-refractivity contribution in [2.45, 2.75) is 13.0 Å². The van der Waals surface area contributed by atoms with Gasteiger partial charge in [-0.1, -0.05) is 23.7 Å². The van der Waals surface area contributed by atoms with Crippen LogP contribution in [0.4, 0.5) is 5.82 Å². The number of rotatable bonds is 3. The summed E-state index contributed by atoms with van der Waals surface area (Å²) >= 11 is 5.98. The molecule has 1 aromatic heterocycles. The van der Waals surface area contributed by atoms with E-state index in [0.29, 0.717) is 16.4 Å². The molecule has 5 heteroatoms. The van der Waals surface area contributed by atoms with Gasteiger partial charge in [-0.15, -0.1) is 0 Å². The van der Waals surface area contributed by atoms with Crippen LogP contribution in [-0.4, -0.2) is 22.8 Å². The molecule has 0 aliphatic carbocycles. The molecule has 0 radical (unpaired) electrons. The second-order valence-electron chi connectivity index (χ2n) is 4.62. The number of amides is 1. The molecule has 104 valence electrons. The summed E-state index contributed by atoms with van der Waals surface area (Å²) in [4.78, 5) is 17.9. The third-order valence-electron chi connectivity index (χ3n) is 3.26. The van der Waals surface area contributed by atoms with Gasteiger partial charge in [0.2, 0.25) is 0 Å². The van der Waals surface area contributed by atoms with Crippen LogP contribution in [0.15, 0.2) is 42.6 Å². The quantitative estimate of drug-likeness (QED) is 0.944. The first-order valence-corrected chi connectivity index (χ1v) is 6.61.